The van der Waals surface area contributed by atoms with Gasteiger partial charge in [0.15, 0.2) is 5.60 Å². The molecule has 9 heteroatoms. The summed E-state index contributed by atoms with van der Waals surface area (Å²) in [7, 11) is -3.60. The van der Waals surface area contributed by atoms with Crippen molar-refractivity contribution in [2.75, 3.05) is 13.1 Å². The van der Waals surface area contributed by atoms with Crippen LogP contribution >= 0.6 is 11.3 Å². The summed E-state index contributed by atoms with van der Waals surface area (Å²) in [5.41, 5.74) is 4.29. The third kappa shape index (κ3) is 3.79. The second-order valence-electron chi connectivity index (χ2n) is 6.97. The molecule has 2 aliphatic rings. The molecule has 1 saturated heterocycles. The van der Waals surface area contributed by atoms with Crippen LogP contribution in [0, 0.1) is 5.92 Å². The normalized spacial score (nSPS) is 24.1. The number of thiophene rings is 1. The van der Waals surface area contributed by atoms with Gasteiger partial charge in [0.1, 0.15) is 4.21 Å². The van der Waals surface area contributed by atoms with Gasteiger partial charge in [-0.1, -0.05) is 12.5 Å². The molecule has 1 aliphatic carbocycles. The number of hydrogen-bond acceptors (Lipinski definition) is 6. The Morgan fingerprint density at radius 2 is 1.96 bits per heavy atom. The Morgan fingerprint density at radius 1 is 1.23 bits per heavy atom. The Balaban J connectivity index is 1.71. The molecule has 2 N–H and O–H groups in total. The van der Waals surface area contributed by atoms with Crippen molar-refractivity contribution in [3.63, 3.8) is 0 Å². The zero-order valence-corrected chi connectivity index (χ0v) is 16.2. The molecule has 0 aromatic carbocycles. The van der Waals surface area contributed by atoms with Gasteiger partial charge in [0.05, 0.1) is 5.92 Å². The number of piperidine rings is 1. The van der Waals surface area contributed by atoms with Crippen LogP contribution in [-0.4, -0.2) is 43.3 Å². The number of nitrogens with two attached hydrogens (primary N) is 1. The van der Waals surface area contributed by atoms with Crippen molar-refractivity contribution in [3.05, 3.63) is 17.5 Å². The van der Waals surface area contributed by atoms with Gasteiger partial charge >= 0.3 is 5.97 Å². The fraction of sp³-hybridized carbons (Fsp3) is 0.647. The van der Waals surface area contributed by atoms with Crippen molar-refractivity contribution >= 4 is 33.2 Å². The molecule has 1 amide bonds. The highest BCUT2D eigenvalue weighted by atomic mass is 32.2. The Kier molecular flexibility index (Phi) is 5.69. The first kappa shape index (κ1) is 19.3. The van der Waals surface area contributed by atoms with Crippen LogP contribution in [0.3, 0.4) is 0 Å². The molecule has 1 aliphatic heterocycles. The monoisotopic (exact) mass is 400 g/mol. The lowest BCUT2D eigenvalue weighted by Gasteiger charge is -2.36. The molecule has 0 radical (unpaired) electrons. The SMILES string of the molecule is NC(=O)C1(OC(=O)C2CCCN(S(=O)(=O)c3cccs3)C2)CCCCC1. The zero-order valence-electron chi connectivity index (χ0n) is 14.6. The van der Waals surface area contributed by atoms with Crippen LogP contribution in [-0.2, 0) is 24.3 Å². The Morgan fingerprint density at radius 3 is 2.58 bits per heavy atom. The highest BCUT2D eigenvalue weighted by Crippen LogP contribution is 2.34. The van der Waals surface area contributed by atoms with Crippen molar-refractivity contribution in [3.8, 4) is 0 Å². The molecule has 2 fully saturated rings. The summed E-state index contributed by atoms with van der Waals surface area (Å²) in [6.07, 6.45) is 4.58. The number of sulfonamides is 1. The molecule has 1 atom stereocenters. The number of carbonyl (C=O) groups excluding carboxylic acids is 2. The van der Waals surface area contributed by atoms with Crippen LogP contribution < -0.4 is 5.73 Å². The van der Waals surface area contributed by atoms with Crippen molar-refractivity contribution < 1.29 is 22.7 Å². The van der Waals surface area contributed by atoms with E-state index in [-0.39, 0.29) is 10.8 Å². The lowest BCUT2D eigenvalue weighted by Crippen LogP contribution is -2.51. The maximum Gasteiger partial charge on any atom is 0.311 e. The van der Waals surface area contributed by atoms with Crippen LogP contribution in [0.2, 0.25) is 0 Å². The van der Waals surface area contributed by atoms with Gasteiger partial charge in [0, 0.05) is 13.1 Å². The van der Waals surface area contributed by atoms with Crippen LogP contribution in [0.15, 0.2) is 21.7 Å². The van der Waals surface area contributed by atoms with E-state index in [2.05, 4.69) is 0 Å². The lowest BCUT2D eigenvalue weighted by atomic mass is 9.84. The summed E-state index contributed by atoms with van der Waals surface area (Å²) in [6.45, 7) is 0.457. The number of hydrogen-bond donors (Lipinski definition) is 1. The topological polar surface area (TPSA) is 107 Å². The number of nitrogens with zero attached hydrogens (tertiary/aromatic N) is 1. The van der Waals surface area contributed by atoms with Crippen LogP contribution in [0.5, 0.6) is 0 Å². The molecule has 1 aromatic heterocycles. The number of esters is 1. The molecular weight excluding hydrogens is 376 g/mol. The minimum absolute atomic E-state index is 0.0773. The first-order valence-corrected chi connectivity index (χ1v) is 11.2. The summed E-state index contributed by atoms with van der Waals surface area (Å²) < 4.78 is 32.6. The Bertz CT molecular complexity index is 754. The van der Waals surface area contributed by atoms with Crippen LogP contribution in [0.4, 0.5) is 0 Å². The van der Waals surface area contributed by atoms with E-state index in [1.54, 1.807) is 17.5 Å². The number of rotatable bonds is 5. The highest BCUT2D eigenvalue weighted by Gasteiger charge is 2.44. The van der Waals surface area contributed by atoms with E-state index in [1.807, 2.05) is 0 Å². The van der Waals surface area contributed by atoms with E-state index in [0.29, 0.717) is 32.2 Å². The fourth-order valence-electron chi connectivity index (χ4n) is 3.69. The quantitative estimate of drug-likeness (QED) is 0.760. The fourth-order valence-corrected chi connectivity index (χ4v) is 6.36. The van der Waals surface area contributed by atoms with Gasteiger partial charge in [-0.05, 0) is 50.0 Å². The zero-order chi connectivity index (χ0) is 18.8. The predicted molar refractivity (Wildman–Crippen MR) is 96.9 cm³/mol. The van der Waals surface area contributed by atoms with E-state index >= 15 is 0 Å². The molecule has 26 heavy (non-hydrogen) atoms. The summed E-state index contributed by atoms with van der Waals surface area (Å²) >= 11 is 1.16. The van der Waals surface area contributed by atoms with Crippen molar-refractivity contribution in [2.45, 2.75) is 54.8 Å². The van der Waals surface area contributed by atoms with Gasteiger partial charge < -0.3 is 10.5 Å². The number of carbonyl (C=O) groups is 2. The van der Waals surface area contributed by atoms with E-state index in [9.17, 15) is 18.0 Å². The maximum absolute atomic E-state index is 12.7. The standard InChI is InChI=1S/C17H24N2O5S2/c18-16(21)17(8-2-1-3-9-17)24-15(20)13-6-4-10-19(12-13)26(22,23)14-7-5-11-25-14/h5,7,11,13H,1-4,6,8-10,12H2,(H2,18,21). The molecule has 144 valence electrons. The predicted octanol–water partition coefficient (Wildman–Crippen LogP) is 1.88. The van der Waals surface area contributed by atoms with E-state index < -0.39 is 33.4 Å². The smallest absolute Gasteiger partial charge is 0.311 e. The Labute approximate surface area is 157 Å². The largest absolute Gasteiger partial charge is 0.449 e. The third-order valence-electron chi connectivity index (χ3n) is 5.21. The number of amides is 1. The Hall–Kier alpha value is -1.45. The number of ether oxygens (including phenoxy) is 1. The average molecular weight is 401 g/mol. The molecule has 3 rings (SSSR count). The molecule has 1 aromatic rings. The summed E-state index contributed by atoms with van der Waals surface area (Å²) in [5.74, 6) is -1.70. The van der Waals surface area contributed by atoms with Gasteiger partial charge in [-0.3, -0.25) is 9.59 Å². The first-order valence-electron chi connectivity index (χ1n) is 8.92. The molecular formula is C17H24N2O5S2. The lowest BCUT2D eigenvalue weighted by molar-refractivity contribution is -0.175. The molecule has 0 bridgehead atoms. The van der Waals surface area contributed by atoms with Crippen molar-refractivity contribution in [1.29, 1.82) is 0 Å². The molecule has 1 saturated carbocycles. The van der Waals surface area contributed by atoms with Gasteiger partial charge in [0.25, 0.3) is 15.9 Å². The highest BCUT2D eigenvalue weighted by molar-refractivity contribution is 7.91. The molecule has 2 heterocycles. The summed E-state index contributed by atoms with van der Waals surface area (Å²) in [6, 6.07) is 3.25. The molecule has 0 spiro atoms. The maximum atomic E-state index is 12.7. The summed E-state index contributed by atoms with van der Waals surface area (Å²) in [4.78, 5) is 24.6. The minimum atomic E-state index is -3.60. The summed E-state index contributed by atoms with van der Waals surface area (Å²) in [5, 5.41) is 1.71. The second-order valence-corrected chi connectivity index (χ2v) is 10.1. The van der Waals surface area contributed by atoms with E-state index in [0.717, 1.165) is 30.6 Å². The third-order valence-corrected chi connectivity index (χ3v) is 8.45. The molecule has 1 unspecified atom stereocenters. The van der Waals surface area contributed by atoms with Crippen molar-refractivity contribution in [1.82, 2.24) is 4.31 Å². The van der Waals surface area contributed by atoms with Crippen LogP contribution in [0.1, 0.15) is 44.9 Å². The van der Waals surface area contributed by atoms with Gasteiger partial charge in [0.2, 0.25) is 0 Å². The van der Waals surface area contributed by atoms with Crippen LogP contribution in [0.25, 0.3) is 0 Å². The number of primary amides is 1. The van der Waals surface area contributed by atoms with Gasteiger partial charge in [-0.2, -0.15) is 4.31 Å². The second kappa shape index (κ2) is 7.66. The minimum Gasteiger partial charge on any atom is -0.449 e. The van der Waals surface area contributed by atoms with E-state index in [4.69, 9.17) is 10.5 Å². The first-order chi connectivity index (χ1) is 12.3. The molecule has 7 nitrogen and oxygen atoms in total. The van der Waals surface area contributed by atoms with E-state index in [1.165, 1.54) is 4.31 Å². The van der Waals surface area contributed by atoms with Crippen molar-refractivity contribution in [2.24, 2.45) is 11.7 Å². The van der Waals surface area contributed by atoms with Gasteiger partial charge in [-0.25, -0.2) is 8.42 Å². The average Bonchev–Trinajstić information content (AvgIpc) is 3.18. The van der Waals surface area contributed by atoms with Gasteiger partial charge in [-0.15, -0.1) is 11.3 Å².